The van der Waals surface area contributed by atoms with E-state index in [1.165, 1.54) is 12.1 Å². The van der Waals surface area contributed by atoms with E-state index in [4.69, 9.17) is 0 Å². The van der Waals surface area contributed by atoms with Crippen molar-refractivity contribution in [2.75, 3.05) is 13.1 Å². The minimum atomic E-state index is -0.807. The van der Waals surface area contributed by atoms with Crippen LogP contribution in [0.1, 0.15) is 40.5 Å². The van der Waals surface area contributed by atoms with Gasteiger partial charge in [0.1, 0.15) is 12.1 Å². The number of hydrogen-bond acceptors (Lipinski definition) is 5. The van der Waals surface area contributed by atoms with Crippen LogP contribution in [0, 0.1) is 10.1 Å². The van der Waals surface area contributed by atoms with Crippen LogP contribution < -0.4 is 5.32 Å². The van der Waals surface area contributed by atoms with Crippen LogP contribution in [0.4, 0.5) is 5.69 Å². The highest BCUT2D eigenvalue weighted by atomic mass is 16.6. The second-order valence-corrected chi connectivity index (χ2v) is 4.86. The molecular formula is C14H15N3O5. The summed E-state index contributed by atoms with van der Waals surface area (Å²) in [6, 6.07) is 3.85. The Morgan fingerprint density at radius 3 is 2.68 bits per heavy atom. The van der Waals surface area contributed by atoms with Gasteiger partial charge in [-0.2, -0.15) is 0 Å². The fourth-order valence-electron chi connectivity index (χ4n) is 2.22. The van der Waals surface area contributed by atoms with Crippen LogP contribution in [-0.2, 0) is 4.79 Å². The molecule has 0 aliphatic carbocycles. The molecule has 1 N–H and O–H groups in total. The average molecular weight is 305 g/mol. The van der Waals surface area contributed by atoms with Crippen molar-refractivity contribution in [1.82, 2.24) is 10.2 Å². The van der Waals surface area contributed by atoms with Gasteiger partial charge in [0.2, 0.25) is 5.91 Å². The van der Waals surface area contributed by atoms with Crippen molar-refractivity contribution in [2.24, 2.45) is 0 Å². The first-order valence-electron chi connectivity index (χ1n) is 6.87. The molecule has 8 nitrogen and oxygen atoms in total. The Kier molecular flexibility index (Phi) is 4.50. The molecule has 1 aromatic rings. The fraction of sp³-hybridized carbons (Fsp3) is 0.357. The third-order valence-electron chi connectivity index (χ3n) is 3.33. The van der Waals surface area contributed by atoms with E-state index < -0.39 is 34.9 Å². The number of nitrogens with zero attached hydrogens (tertiary/aromatic N) is 2. The maximum absolute atomic E-state index is 12.2. The summed E-state index contributed by atoms with van der Waals surface area (Å²) in [6.45, 7) is 1.99. The monoisotopic (exact) mass is 305 g/mol. The highest BCUT2D eigenvalue weighted by Crippen LogP contribution is 2.30. The largest absolute Gasteiger partial charge is 0.355 e. The van der Waals surface area contributed by atoms with Gasteiger partial charge in [-0.05, 0) is 12.5 Å². The van der Waals surface area contributed by atoms with Crippen LogP contribution >= 0.6 is 0 Å². The zero-order chi connectivity index (χ0) is 16.3. The molecule has 1 aliphatic heterocycles. The molecule has 0 bridgehead atoms. The highest BCUT2D eigenvalue weighted by Gasteiger charge is 2.41. The van der Waals surface area contributed by atoms with Crippen LogP contribution in [0.2, 0.25) is 0 Å². The zero-order valence-corrected chi connectivity index (χ0v) is 12.0. The molecule has 0 unspecified atom stereocenters. The van der Waals surface area contributed by atoms with Crippen molar-refractivity contribution in [2.45, 2.75) is 19.8 Å². The maximum Gasteiger partial charge on any atom is 0.282 e. The number of carbonyl (C=O) groups excluding carboxylic acids is 3. The second kappa shape index (κ2) is 6.33. The lowest BCUT2D eigenvalue weighted by Crippen LogP contribution is -2.40. The quantitative estimate of drug-likeness (QED) is 0.366. The van der Waals surface area contributed by atoms with Crippen LogP contribution in [0.5, 0.6) is 0 Å². The number of fused-ring (bicyclic) bond motifs is 1. The number of benzene rings is 1. The molecule has 0 saturated carbocycles. The Morgan fingerprint density at radius 1 is 1.32 bits per heavy atom. The zero-order valence-electron chi connectivity index (χ0n) is 12.0. The van der Waals surface area contributed by atoms with E-state index in [-0.39, 0.29) is 11.1 Å². The summed E-state index contributed by atoms with van der Waals surface area (Å²) in [7, 11) is 0. The first kappa shape index (κ1) is 15.6. The maximum atomic E-state index is 12.2. The summed E-state index contributed by atoms with van der Waals surface area (Å²) in [5, 5.41) is 13.6. The standard InChI is InChI=1S/C14H15N3O5/c1-2-3-7-15-11(18)8-16-13(19)9-5-4-6-10(17(21)22)12(9)14(16)20/h4-6H,2-3,7-8H2,1H3,(H,15,18). The Bertz CT molecular complexity index is 656. The lowest BCUT2D eigenvalue weighted by molar-refractivity contribution is -0.385. The Balaban J connectivity index is 2.19. The number of nitro benzene ring substituents is 1. The van der Waals surface area contributed by atoms with Gasteiger partial charge >= 0.3 is 0 Å². The molecule has 0 spiro atoms. The van der Waals surface area contributed by atoms with Gasteiger partial charge in [0, 0.05) is 12.6 Å². The molecule has 1 heterocycles. The molecule has 0 saturated heterocycles. The molecule has 2 rings (SSSR count). The Labute approximate surface area is 126 Å². The van der Waals surface area contributed by atoms with Gasteiger partial charge in [0.15, 0.2) is 0 Å². The minimum absolute atomic E-state index is 0.0411. The molecule has 1 aliphatic rings. The third kappa shape index (κ3) is 2.80. The summed E-state index contributed by atoms with van der Waals surface area (Å²) < 4.78 is 0. The lowest BCUT2D eigenvalue weighted by atomic mass is 10.1. The smallest absolute Gasteiger partial charge is 0.282 e. The number of rotatable bonds is 6. The van der Waals surface area contributed by atoms with E-state index in [1.54, 1.807) is 0 Å². The summed E-state index contributed by atoms with van der Waals surface area (Å²) in [6.07, 6.45) is 1.69. The van der Waals surface area contributed by atoms with Crippen LogP contribution in [0.3, 0.4) is 0 Å². The van der Waals surface area contributed by atoms with Crippen molar-refractivity contribution >= 4 is 23.4 Å². The second-order valence-electron chi connectivity index (χ2n) is 4.86. The molecule has 0 fully saturated rings. The van der Waals surface area contributed by atoms with E-state index >= 15 is 0 Å². The molecule has 116 valence electrons. The van der Waals surface area contributed by atoms with Gasteiger partial charge in [-0.25, -0.2) is 0 Å². The first-order valence-corrected chi connectivity index (χ1v) is 6.87. The van der Waals surface area contributed by atoms with Crippen molar-refractivity contribution in [3.8, 4) is 0 Å². The Hall–Kier alpha value is -2.77. The fourth-order valence-corrected chi connectivity index (χ4v) is 2.22. The molecule has 0 atom stereocenters. The predicted molar refractivity (Wildman–Crippen MR) is 76.4 cm³/mol. The van der Waals surface area contributed by atoms with E-state index in [0.717, 1.165) is 23.8 Å². The number of imide groups is 1. The highest BCUT2D eigenvalue weighted by molar-refractivity contribution is 6.24. The number of nitro groups is 1. The Morgan fingerprint density at radius 2 is 2.05 bits per heavy atom. The van der Waals surface area contributed by atoms with E-state index in [9.17, 15) is 24.5 Å². The van der Waals surface area contributed by atoms with Gasteiger partial charge in [0.05, 0.1) is 10.5 Å². The summed E-state index contributed by atoms with van der Waals surface area (Å²) in [5.41, 5.74) is -0.718. The van der Waals surface area contributed by atoms with Crippen molar-refractivity contribution in [3.05, 3.63) is 39.4 Å². The summed E-state index contributed by atoms with van der Waals surface area (Å²) in [5.74, 6) is -1.96. The molecular weight excluding hydrogens is 290 g/mol. The van der Waals surface area contributed by atoms with E-state index in [2.05, 4.69) is 5.32 Å². The van der Waals surface area contributed by atoms with Gasteiger partial charge < -0.3 is 5.32 Å². The van der Waals surface area contributed by atoms with E-state index in [0.29, 0.717) is 6.54 Å². The SMILES string of the molecule is CCCCNC(=O)CN1C(=O)c2cccc([N+](=O)[O-])c2C1=O. The molecule has 0 aromatic heterocycles. The molecule has 8 heteroatoms. The number of hydrogen-bond donors (Lipinski definition) is 1. The number of nitrogens with one attached hydrogen (secondary N) is 1. The van der Waals surface area contributed by atoms with Gasteiger partial charge in [-0.1, -0.05) is 19.4 Å². The third-order valence-corrected chi connectivity index (χ3v) is 3.33. The lowest BCUT2D eigenvalue weighted by Gasteiger charge is -2.13. The molecule has 3 amide bonds. The topological polar surface area (TPSA) is 110 Å². The van der Waals surface area contributed by atoms with Crippen molar-refractivity contribution < 1.29 is 19.3 Å². The molecule has 1 aromatic carbocycles. The summed E-state index contributed by atoms with van der Waals surface area (Å²) >= 11 is 0. The normalized spacial score (nSPS) is 13.2. The van der Waals surface area contributed by atoms with Crippen molar-refractivity contribution in [1.29, 1.82) is 0 Å². The van der Waals surface area contributed by atoms with Crippen LogP contribution in [0.15, 0.2) is 18.2 Å². The van der Waals surface area contributed by atoms with Crippen molar-refractivity contribution in [3.63, 3.8) is 0 Å². The number of unbranched alkanes of at least 4 members (excludes halogenated alkanes) is 1. The number of amides is 3. The van der Waals surface area contributed by atoms with Gasteiger partial charge in [0.25, 0.3) is 17.5 Å². The molecule has 0 radical (unpaired) electrons. The van der Waals surface area contributed by atoms with Crippen LogP contribution in [-0.4, -0.2) is 40.6 Å². The molecule has 22 heavy (non-hydrogen) atoms. The minimum Gasteiger partial charge on any atom is -0.355 e. The first-order chi connectivity index (χ1) is 10.5. The average Bonchev–Trinajstić information content (AvgIpc) is 2.72. The predicted octanol–water partition coefficient (Wildman–Crippen LogP) is 1.11. The van der Waals surface area contributed by atoms with Gasteiger partial charge in [-0.3, -0.25) is 29.4 Å². The van der Waals surface area contributed by atoms with E-state index in [1.807, 2.05) is 6.92 Å². The number of carbonyl (C=O) groups is 3. The van der Waals surface area contributed by atoms with Crippen LogP contribution in [0.25, 0.3) is 0 Å². The summed E-state index contributed by atoms with van der Waals surface area (Å²) in [4.78, 5) is 47.1. The van der Waals surface area contributed by atoms with Gasteiger partial charge in [-0.15, -0.1) is 0 Å².